The summed E-state index contributed by atoms with van der Waals surface area (Å²) in [5, 5.41) is 10.5. The quantitative estimate of drug-likeness (QED) is 0.828. The summed E-state index contributed by atoms with van der Waals surface area (Å²) in [7, 11) is 2.82. The van der Waals surface area contributed by atoms with Crippen LogP contribution >= 0.6 is 11.6 Å². The first-order valence-electron chi connectivity index (χ1n) is 5.13. The van der Waals surface area contributed by atoms with Crippen LogP contribution in [0.5, 0.6) is 0 Å². The van der Waals surface area contributed by atoms with Gasteiger partial charge in [0.25, 0.3) is 0 Å². The van der Waals surface area contributed by atoms with Gasteiger partial charge in [-0.15, -0.1) is 0 Å². The van der Waals surface area contributed by atoms with E-state index in [2.05, 4.69) is 0 Å². The topological polar surface area (TPSA) is 38.7 Å². The molecule has 0 aromatic heterocycles. The first kappa shape index (κ1) is 14.4. The Balaban J connectivity index is 2.97. The van der Waals surface area contributed by atoms with Gasteiger partial charge in [-0.2, -0.15) is 0 Å². The van der Waals surface area contributed by atoms with E-state index in [1.165, 1.54) is 33.3 Å². The summed E-state index contributed by atoms with van der Waals surface area (Å²) >= 11 is 5.89. The van der Waals surface area contributed by atoms with E-state index < -0.39 is 17.7 Å². The molecular weight excluding hydrogens is 247 g/mol. The highest BCUT2D eigenvalue weighted by Gasteiger charge is 2.34. The van der Waals surface area contributed by atoms with Gasteiger partial charge in [0.1, 0.15) is 11.4 Å². The van der Waals surface area contributed by atoms with Crippen LogP contribution < -0.4 is 0 Å². The van der Waals surface area contributed by atoms with Crippen LogP contribution in [0.2, 0.25) is 5.02 Å². The van der Waals surface area contributed by atoms with Crippen molar-refractivity contribution in [3.63, 3.8) is 0 Å². The number of methoxy groups -OCH3 is 2. The first-order valence-corrected chi connectivity index (χ1v) is 5.51. The third-order valence-corrected chi connectivity index (χ3v) is 2.89. The highest BCUT2D eigenvalue weighted by atomic mass is 35.5. The van der Waals surface area contributed by atoms with Crippen molar-refractivity contribution in [1.82, 2.24) is 0 Å². The van der Waals surface area contributed by atoms with Crippen molar-refractivity contribution >= 4 is 11.6 Å². The van der Waals surface area contributed by atoms with E-state index in [1.54, 1.807) is 6.07 Å². The van der Waals surface area contributed by atoms with Crippen LogP contribution in [0.15, 0.2) is 18.2 Å². The summed E-state index contributed by atoms with van der Waals surface area (Å²) < 4.78 is 23.5. The normalized spacial score (nSPS) is 15.0. The SMILES string of the molecule is COC(OC)C(C)(O)Cc1c(F)cccc1Cl. The highest BCUT2D eigenvalue weighted by molar-refractivity contribution is 6.31. The largest absolute Gasteiger partial charge is 0.385 e. The maximum atomic E-state index is 13.6. The molecule has 1 aromatic rings. The minimum atomic E-state index is -1.37. The summed E-state index contributed by atoms with van der Waals surface area (Å²) in [5.41, 5.74) is -1.12. The molecule has 0 aliphatic rings. The molecule has 1 rings (SSSR count). The summed E-state index contributed by atoms with van der Waals surface area (Å²) in [6, 6.07) is 4.39. The van der Waals surface area contributed by atoms with Gasteiger partial charge >= 0.3 is 0 Å². The van der Waals surface area contributed by atoms with Gasteiger partial charge in [0, 0.05) is 31.2 Å². The van der Waals surface area contributed by atoms with Crippen LogP contribution in [0.1, 0.15) is 12.5 Å². The minimum absolute atomic E-state index is 0.00481. The van der Waals surface area contributed by atoms with Crippen LogP contribution in [0.25, 0.3) is 0 Å². The molecule has 0 fully saturated rings. The molecule has 1 aromatic carbocycles. The van der Waals surface area contributed by atoms with E-state index in [1.807, 2.05) is 0 Å². The number of hydrogen-bond donors (Lipinski definition) is 1. The molecule has 0 bridgehead atoms. The average molecular weight is 263 g/mol. The molecular formula is C12H16ClFO3. The number of ether oxygens (including phenoxy) is 2. The molecule has 1 unspecified atom stereocenters. The minimum Gasteiger partial charge on any atom is -0.385 e. The standard InChI is InChI=1S/C12H16ClFO3/c1-12(15,11(16-2)17-3)7-8-9(13)5-4-6-10(8)14/h4-6,11,15H,7H2,1-3H3. The van der Waals surface area contributed by atoms with Crippen molar-refractivity contribution in [3.05, 3.63) is 34.6 Å². The Kier molecular flexibility index (Phi) is 4.89. The van der Waals surface area contributed by atoms with Crippen molar-refractivity contribution < 1.29 is 19.0 Å². The van der Waals surface area contributed by atoms with Gasteiger partial charge in [-0.3, -0.25) is 0 Å². The Morgan fingerprint density at radius 2 is 2.00 bits per heavy atom. The van der Waals surface area contributed by atoms with Crippen LogP contribution in [0.3, 0.4) is 0 Å². The lowest BCUT2D eigenvalue weighted by molar-refractivity contribution is -0.207. The van der Waals surface area contributed by atoms with Gasteiger partial charge in [0.15, 0.2) is 6.29 Å². The van der Waals surface area contributed by atoms with Crippen molar-refractivity contribution in [2.75, 3.05) is 14.2 Å². The second-order valence-corrected chi connectivity index (χ2v) is 4.44. The molecule has 0 amide bonds. The molecule has 0 radical (unpaired) electrons. The fraction of sp³-hybridized carbons (Fsp3) is 0.500. The number of hydrogen-bond acceptors (Lipinski definition) is 3. The van der Waals surface area contributed by atoms with Gasteiger partial charge < -0.3 is 14.6 Å². The Labute approximate surface area is 105 Å². The van der Waals surface area contributed by atoms with Gasteiger partial charge in [-0.05, 0) is 19.1 Å². The van der Waals surface area contributed by atoms with Crippen LogP contribution in [0, 0.1) is 5.82 Å². The molecule has 0 saturated heterocycles. The number of aliphatic hydroxyl groups is 1. The van der Waals surface area contributed by atoms with Crippen LogP contribution in [-0.4, -0.2) is 31.2 Å². The van der Waals surface area contributed by atoms with Gasteiger partial charge in [-0.25, -0.2) is 4.39 Å². The van der Waals surface area contributed by atoms with Crippen molar-refractivity contribution in [2.45, 2.75) is 25.2 Å². The second kappa shape index (κ2) is 5.78. The second-order valence-electron chi connectivity index (χ2n) is 4.04. The maximum absolute atomic E-state index is 13.6. The number of rotatable bonds is 5. The zero-order valence-electron chi connectivity index (χ0n) is 10.0. The van der Waals surface area contributed by atoms with E-state index in [0.29, 0.717) is 0 Å². The van der Waals surface area contributed by atoms with E-state index in [0.717, 1.165) is 0 Å². The third-order valence-electron chi connectivity index (χ3n) is 2.53. The lowest BCUT2D eigenvalue weighted by atomic mass is 9.95. The number of benzene rings is 1. The summed E-state index contributed by atoms with van der Waals surface area (Å²) in [6.07, 6.45) is -0.844. The zero-order chi connectivity index (χ0) is 13.1. The third kappa shape index (κ3) is 3.39. The Hall–Kier alpha value is -0.680. The summed E-state index contributed by atoms with van der Waals surface area (Å²) in [4.78, 5) is 0. The fourth-order valence-electron chi connectivity index (χ4n) is 1.75. The lowest BCUT2D eigenvalue weighted by Gasteiger charge is -2.30. The lowest BCUT2D eigenvalue weighted by Crippen LogP contribution is -2.44. The van der Waals surface area contributed by atoms with Crippen LogP contribution in [0.4, 0.5) is 4.39 Å². The predicted octanol–water partition coefficient (Wildman–Crippen LogP) is 2.39. The number of halogens is 2. The van der Waals surface area contributed by atoms with Crippen molar-refractivity contribution in [1.29, 1.82) is 0 Å². The molecule has 0 saturated carbocycles. The first-order chi connectivity index (χ1) is 7.92. The van der Waals surface area contributed by atoms with Crippen molar-refractivity contribution in [2.24, 2.45) is 0 Å². The summed E-state index contributed by atoms with van der Waals surface area (Å²) in [6.45, 7) is 1.51. The monoisotopic (exact) mass is 262 g/mol. The van der Waals surface area contributed by atoms with E-state index in [9.17, 15) is 9.50 Å². The predicted molar refractivity (Wildman–Crippen MR) is 63.5 cm³/mol. The van der Waals surface area contributed by atoms with Crippen LogP contribution in [-0.2, 0) is 15.9 Å². The van der Waals surface area contributed by atoms with Gasteiger partial charge in [0.05, 0.1) is 0 Å². The molecule has 1 N–H and O–H groups in total. The molecule has 0 heterocycles. The highest BCUT2D eigenvalue weighted by Crippen LogP contribution is 2.26. The smallest absolute Gasteiger partial charge is 0.185 e. The molecule has 1 atom stereocenters. The average Bonchev–Trinajstić information content (AvgIpc) is 2.25. The molecule has 96 valence electrons. The molecule has 3 nitrogen and oxygen atoms in total. The van der Waals surface area contributed by atoms with Gasteiger partial charge in [0.2, 0.25) is 0 Å². The Morgan fingerprint density at radius 3 is 2.47 bits per heavy atom. The zero-order valence-corrected chi connectivity index (χ0v) is 10.8. The van der Waals surface area contributed by atoms with E-state index in [4.69, 9.17) is 21.1 Å². The maximum Gasteiger partial charge on any atom is 0.185 e. The van der Waals surface area contributed by atoms with E-state index >= 15 is 0 Å². The Morgan fingerprint density at radius 1 is 1.41 bits per heavy atom. The molecule has 0 spiro atoms. The molecule has 5 heteroatoms. The molecule has 0 aliphatic carbocycles. The van der Waals surface area contributed by atoms with E-state index in [-0.39, 0.29) is 17.0 Å². The molecule has 17 heavy (non-hydrogen) atoms. The molecule has 0 aliphatic heterocycles. The van der Waals surface area contributed by atoms with Gasteiger partial charge in [-0.1, -0.05) is 17.7 Å². The Bertz CT molecular complexity index is 358. The fourth-order valence-corrected chi connectivity index (χ4v) is 1.98. The summed E-state index contributed by atoms with van der Waals surface area (Å²) in [5.74, 6) is -0.455. The van der Waals surface area contributed by atoms with Crippen molar-refractivity contribution in [3.8, 4) is 0 Å².